The van der Waals surface area contributed by atoms with Gasteiger partial charge in [-0.15, -0.1) is 0 Å². The van der Waals surface area contributed by atoms with E-state index in [1.54, 1.807) is 17.1 Å². The van der Waals surface area contributed by atoms with Crippen LogP contribution in [-0.2, 0) is 0 Å². The third-order valence-electron chi connectivity index (χ3n) is 3.22. The highest BCUT2D eigenvalue weighted by molar-refractivity contribution is 5.56. The molecule has 0 spiro atoms. The summed E-state index contributed by atoms with van der Waals surface area (Å²) in [5.74, 6) is 1.60. The lowest BCUT2D eigenvalue weighted by molar-refractivity contribution is 0.305. The second-order valence-electron chi connectivity index (χ2n) is 5.22. The second-order valence-corrected chi connectivity index (χ2v) is 5.22. The maximum absolute atomic E-state index is 4.80. The maximum atomic E-state index is 4.80. The summed E-state index contributed by atoms with van der Waals surface area (Å²) >= 11 is 0. The van der Waals surface area contributed by atoms with E-state index in [-0.39, 0.29) is 5.92 Å². The quantitative estimate of drug-likeness (QED) is 0.734. The van der Waals surface area contributed by atoms with Gasteiger partial charge in [-0.1, -0.05) is 19.0 Å². The van der Waals surface area contributed by atoms with E-state index in [0.29, 0.717) is 17.2 Å². The van der Waals surface area contributed by atoms with Crippen molar-refractivity contribution >= 4 is 0 Å². The first-order valence-corrected chi connectivity index (χ1v) is 6.75. The van der Waals surface area contributed by atoms with Crippen LogP contribution in [-0.4, -0.2) is 30.1 Å². The van der Waals surface area contributed by atoms with Crippen LogP contribution in [0.4, 0.5) is 0 Å². The number of pyridine rings is 1. The van der Waals surface area contributed by atoms with Crippen molar-refractivity contribution < 1.29 is 4.63 Å². The minimum atomic E-state index is 0.215. The third kappa shape index (κ3) is 2.31. The van der Waals surface area contributed by atoms with Crippen LogP contribution >= 0.6 is 0 Å². The van der Waals surface area contributed by atoms with Crippen molar-refractivity contribution in [2.24, 2.45) is 0 Å². The van der Waals surface area contributed by atoms with Crippen LogP contribution in [0.2, 0.25) is 0 Å². The molecule has 0 aromatic carbocycles. The van der Waals surface area contributed by atoms with Gasteiger partial charge in [0.15, 0.2) is 17.3 Å². The van der Waals surface area contributed by atoms with Crippen molar-refractivity contribution in [3.63, 3.8) is 0 Å². The second kappa shape index (κ2) is 5.08. The molecular weight excluding hydrogens is 268 g/mol. The lowest BCUT2D eigenvalue weighted by Gasteiger charge is -2.06. The minimum Gasteiger partial charge on any atom is -0.264 e. The van der Waals surface area contributed by atoms with Crippen LogP contribution in [0, 0.1) is 13.8 Å². The molecule has 0 amide bonds. The zero-order valence-corrected chi connectivity index (χ0v) is 12.4. The molecule has 0 N–H and O–H groups in total. The molecule has 7 heteroatoms. The fourth-order valence-corrected chi connectivity index (χ4v) is 2.03. The summed E-state index contributed by atoms with van der Waals surface area (Å²) < 4.78 is 6.57. The van der Waals surface area contributed by atoms with Gasteiger partial charge < -0.3 is 0 Å². The van der Waals surface area contributed by atoms with Crippen LogP contribution in [0.3, 0.4) is 0 Å². The van der Waals surface area contributed by atoms with Crippen LogP contribution < -0.4 is 0 Å². The Morgan fingerprint density at radius 2 is 2.00 bits per heavy atom. The Hall–Kier alpha value is -2.57. The number of rotatable bonds is 3. The largest absolute Gasteiger partial charge is 0.264 e. The molecule has 0 atom stereocenters. The van der Waals surface area contributed by atoms with Gasteiger partial charge in [-0.05, 0) is 30.6 Å². The van der Waals surface area contributed by atoms with Gasteiger partial charge >= 0.3 is 0 Å². The zero-order chi connectivity index (χ0) is 15.0. The predicted molar refractivity (Wildman–Crippen MR) is 76.0 cm³/mol. The van der Waals surface area contributed by atoms with Gasteiger partial charge in [0.25, 0.3) is 0 Å². The van der Waals surface area contributed by atoms with E-state index in [9.17, 15) is 0 Å². The first-order chi connectivity index (χ1) is 10.1. The lowest BCUT2D eigenvalue weighted by Crippen LogP contribution is -2.03. The highest BCUT2D eigenvalue weighted by Crippen LogP contribution is 2.25. The van der Waals surface area contributed by atoms with Crippen molar-refractivity contribution in [3.05, 3.63) is 35.5 Å². The molecule has 0 fully saturated rings. The topological polar surface area (TPSA) is 82.5 Å². The number of hydrogen-bond donors (Lipinski definition) is 0. The Morgan fingerprint density at radius 3 is 2.62 bits per heavy atom. The Kier molecular flexibility index (Phi) is 3.25. The van der Waals surface area contributed by atoms with E-state index in [1.807, 2.05) is 19.9 Å². The van der Waals surface area contributed by atoms with Gasteiger partial charge in [0, 0.05) is 18.3 Å². The maximum Gasteiger partial charge on any atom is 0.187 e. The number of hydrogen-bond acceptors (Lipinski definition) is 6. The fourth-order valence-electron chi connectivity index (χ4n) is 2.03. The zero-order valence-electron chi connectivity index (χ0n) is 12.4. The fraction of sp³-hybridized carbons (Fsp3) is 0.357. The highest BCUT2D eigenvalue weighted by atomic mass is 16.6. The molecule has 3 heterocycles. The molecule has 7 nitrogen and oxygen atoms in total. The molecule has 108 valence electrons. The molecule has 0 unspecified atom stereocenters. The Bertz CT molecular complexity index is 773. The van der Waals surface area contributed by atoms with Crippen molar-refractivity contribution in [1.82, 2.24) is 30.1 Å². The molecule has 0 saturated carbocycles. The number of aryl methyl sites for hydroxylation is 2. The molecule has 3 aromatic rings. The van der Waals surface area contributed by atoms with E-state index in [2.05, 4.69) is 39.2 Å². The van der Waals surface area contributed by atoms with Crippen molar-refractivity contribution in [1.29, 1.82) is 0 Å². The van der Waals surface area contributed by atoms with E-state index < -0.39 is 0 Å². The molecule has 3 aromatic heterocycles. The number of nitrogens with zero attached hydrogens (tertiary/aromatic N) is 6. The van der Waals surface area contributed by atoms with Crippen LogP contribution in [0.1, 0.15) is 36.8 Å². The van der Waals surface area contributed by atoms with E-state index in [1.165, 1.54) is 0 Å². The first-order valence-electron chi connectivity index (χ1n) is 6.75. The molecule has 0 aliphatic carbocycles. The summed E-state index contributed by atoms with van der Waals surface area (Å²) in [7, 11) is 0. The van der Waals surface area contributed by atoms with Gasteiger partial charge in [-0.3, -0.25) is 4.98 Å². The number of aromatic nitrogens is 6. The molecule has 3 rings (SSSR count). The van der Waals surface area contributed by atoms with Crippen molar-refractivity contribution in [2.45, 2.75) is 33.6 Å². The van der Waals surface area contributed by atoms with Gasteiger partial charge in [-0.2, -0.15) is 5.10 Å². The Balaban J connectivity index is 2.24. The van der Waals surface area contributed by atoms with Gasteiger partial charge in [-0.25, -0.2) is 14.3 Å². The van der Waals surface area contributed by atoms with Gasteiger partial charge in [0.05, 0.1) is 5.69 Å². The molecular formula is C14H16N6O. The molecule has 0 bridgehead atoms. The van der Waals surface area contributed by atoms with Crippen LogP contribution in [0.5, 0.6) is 0 Å². The monoisotopic (exact) mass is 284 g/mol. The van der Waals surface area contributed by atoms with Crippen LogP contribution in [0.15, 0.2) is 23.1 Å². The van der Waals surface area contributed by atoms with E-state index in [4.69, 9.17) is 4.63 Å². The summed E-state index contributed by atoms with van der Waals surface area (Å²) in [5, 5.41) is 12.4. The molecule has 21 heavy (non-hydrogen) atoms. The smallest absolute Gasteiger partial charge is 0.187 e. The standard InChI is InChI=1S/C14H16N6O/c1-8(2)13-16-14(12-10(4)18-21-19-12)20(17-13)11-5-6-15-7-9(11)3/h5-8H,1-4H3. The average molecular weight is 284 g/mol. The lowest BCUT2D eigenvalue weighted by atomic mass is 10.2. The minimum absolute atomic E-state index is 0.215. The molecule has 0 radical (unpaired) electrons. The van der Waals surface area contributed by atoms with Gasteiger partial charge in [0.2, 0.25) is 0 Å². The summed E-state index contributed by atoms with van der Waals surface area (Å²) in [4.78, 5) is 8.71. The summed E-state index contributed by atoms with van der Waals surface area (Å²) in [6, 6.07) is 1.90. The van der Waals surface area contributed by atoms with Crippen molar-refractivity contribution in [3.8, 4) is 17.2 Å². The molecule has 0 aliphatic heterocycles. The summed E-state index contributed by atoms with van der Waals surface area (Å²) in [6.45, 7) is 7.92. The predicted octanol–water partition coefficient (Wildman–Crippen LogP) is 2.45. The van der Waals surface area contributed by atoms with E-state index >= 15 is 0 Å². The summed E-state index contributed by atoms with van der Waals surface area (Å²) in [6.07, 6.45) is 3.53. The van der Waals surface area contributed by atoms with Gasteiger partial charge in [0.1, 0.15) is 5.69 Å². The molecule has 0 aliphatic rings. The Morgan fingerprint density at radius 1 is 1.19 bits per heavy atom. The third-order valence-corrected chi connectivity index (χ3v) is 3.22. The normalized spacial score (nSPS) is 11.3. The Labute approximate surface area is 122 Å². The average Bonchev–Trinajstić information content (AvgIpc) is 3.05. The highest BCUT2D eigenvalue weighted by Gasteiger charge is 2.21. The SMILES string of the molecule is Cc1cnccc1-n1nc(C(C)C)nc1-c1nonc1C. The van der Waals surface area contributed by atoms with E-state index in [0.717, 1.165) is 17.1 Å². The first kappa shape index (κ1) is 13.4. The molecule has 0 saturated heterocycles. The van der Waals surface area contributed by atoms with Crippen molar-refractivity contribution in [2.75, 3.05) is 0 Å². The summed E-state index contributed by atoms with van der Waals surface area (Å²) in [5.41, 5.74) is 3.21. The van der Waals surface area contributed by atoms with Crippen LogP contribution in [0.25, 0.3) is 17.2 Å².